The molecular formula is C17H18N4O4S. The molecule has 0 spiro atoms. The number of carbonyl (C=O) groups excluding carboxylic acids is 1. The normalized spacial score (nSPS) is 17.6. The SMILES string of the molecule is CCc1noc(C)c1C(=O)N1CCO[C@H](c2nc(-c3cccs3)no2)C1. The lowest BCUT2D eigenvalue weighted by Gasteiger charge is -2.31. The van der Waals surface area contributed by atoms with Crippen LogP contribution >= 0.6 is 11.3 Å². The second kappa shape index (κ2) is 7.00. The smallest absolute Gasteiger partial charge is 0.259 e. The van der Waals surface area contributed by atoms with Gasteiger partial charge in [-0.15, -0.1) is 11.3 Å². The number of hydrogen-bond donors (Lipinski definition) is 0. The first-order valence-corrected chi connectivity index (χ1v) is 9.28. The molecule has 0 radical (unpaired) electrons. The minimum absolute atomic E-state index is 0.105. The number of ether oxygens (including phenoxy) is 1. The number of aryl methyl sites for hydroxylation is 2. The number of aromatic nitrogens is 3. The van der Waals surface area contributed by atoms with Gasteiger partial charge in [-0.1, -0.05) is 23.3 Å². The van der Waals surface area contributed by atoms with Crippen LogP contribution in [0.2, 0.25) is 0 Å². The van der Waals surface area contributed by atoms with Crippen LogP contribution in [-0.2, 0) is 11.2 Å². The van der Waals surface area contributed by atoms with E-state index in [4.69, 9.17) is 13.8 Å². The molecule has 1 saturated heterocycles. The van der Waals surface area contributed by atoms with Gasteiger partial charge in [-0.2, -0.15) is 4.98 Å². The van der Waals surface area contributed by atoms with Crippen molar-refractivity contribution in [1.82, 2.24) is 20.2 Å². The third-order valence-electron chi connectivity index (χ3n) is 4.29. The van der Waals surface area contributed by atoms with E-state index in [9.17, 15) is 4.79 Å². The van der Waals surface area contributed by atoms with Crippen LogP contribution < -0.4 is 0 Å². The van der Waals surface area contributed by atoms with Crippen LogP contribution in [-0.4, -0.2) is 45.8 Å². The van der Waals surface area contributed by atoms with Crippen LogP contribution in [0.3, 0.4) is 0 Å². The summed E-state index contributed by atoms with van der Waals surface area (Å²) in [6.45, 7) is 4.94. The van der Waals surface area contributed by atoms with E-state index >= 15 is 0 Å². The molecule has 8 nitrogen and oxygen atoms in total. The van der Waals surface area contributed by atoms with Crippen molar-refractivity contribution in [2.45, 2.75) is 26.4 Å². The molecule has 0 aliphatic carbocycles. The van der Waals surface area contributed by atoms with Crippen molar-refractivity contribution in [2.24, 2.45) is 0 Å². The van der Waals surface area contributed by atoms with E-state index in [1.165, 1.54) is 11.3 Å². The summed E-state index contributed by atoms with van der Waals surface area (Å²) in [5.74, 6) is 1.34. The van der Waals surface area contributed by atoms with E-state index in [0.717, 1.165) is 4.88 Å². The quantitative estimate of drug-likeness (QED) is 0.693. The van der Waals surface area contributed by atoms with Gasteiger partial charge in [-0.3, -0.25) is 4.79 Å². The average Bonchev–Trinajstić information content (AvgIpc) is 3.41. The molecule has 1 amide bonds. The molecule has 9 heteroatoms. The van der Waals surface area contributed by atoms with E-state index in [1.54, 1.807) is 11.8 Å². The third-order valence-corrected chi connectivity index (χ3v) is 5.16. The van der Waals surface area contributed by atoms with Crippen LogP contribution in [0.1, 0.15) is 40.7 Å². The van der Waals surface area contributed by atoms with Crippen molar-refractivity contribution < 1.29 is 18.6 Å². The summed E-state index contributed by atoms with van der Waals surface area (Å²) in [7, 11) is 0. The Morgan fingerprint density at radius 2 is 2.27 bits per heavy atom. The van der Waals surface area contributed by atoms with Crippen molar-refractivity contribution in [3.05, 3.63) is 40.4 Å². The van der Waals surface area contributed by atoms with Crippen molar-refractivity contribution in [2.75, 3.05) is 19.7 Å². The topological polar surface area (TPSA) is 94.5 Å². The molecule has 0 unspecified atom stereocenters. The lowest BCUT2D eigenvalue weighted by molar-refractivity contribution is -0.0368. The molecule has 0 saturated carbocycles. The van der Waals surface area contributed by atoms with Crippen molar-refractivity contribution in [1.29, 1.82) is 0 Å². The molecule has 4 heterocycles. The molecule has 3 aromatic rings. The molecular weight excluding hydrogens is 356 g/mol. The highest BCUT2D eigenvalue weighted by Crippen LogP contribution is 2.27. The standard InChI is InChI=1S/C17H18N4O4S/c1-3-11-14(10(2)24-19-11)17(22)21-6-7-23-12(9-21)16-18-15(20-25-16)13-5-4-8-26-13/h4-5,8,12H,3,6-7,9H2,1-2H3/t12-/m0/s1. The number of thiophene rings is 1. The number of carbonyl (C=O) groups is 1. The number of morpholine rings is 1. The Morgan fingerprint density at radius 1 is 1.38 bits per heavy atom. The summed E-state index contributed by atoms with van der Waals surface area (Å²) in [5.41, 5.74) is 1.21. The highest BCUT2D eigenvalue weighted by molar-refractivity contribution is 7.13. The summed E-state index contributed by atoms with van der Waals surface area (Å²) in [4.78, 5) is 20.0. The van der Waals surface area contributed by atoms with E-state index < -0.39 is 6.10 Å². The Morgan fingerprint density at radius 3 is 3.04 bits per heavy atom. The van der Waals surface area contributed by atoms with Crippen molar-refractivity contribution in [3.63, 3.8) is 0 Å². The van der Waals surface area contributed by atoms with Gasteiger partial charge < -0.3 is 18.7 Å². The van der Waals surface area contributed by atoms with Gasteiger partial charge in [-0.25, -0.2) is 0 Å². The Kier molecular flexibility index (Phi) is 4.56. The minimum Gasteiger partial charge on any atom is -0.365 e. The summed E-state index contributed by atoms with van der Waals surface area (Å²) < 4.78 is 16.3. The molecule has 0 bridgehead atoms. The number of rotatable bonds is 4. The monoisotopic (exact) mass is 374 g/mol. The highest BCUT2D eigenvalue weighted by Gasteiger charge is 2.32. The van der Waals surface area contributed by atoms with Gasteiger partial charge in [0.1, 0.15) is 11.3 Å². The summed E-state index contributed by atoms with van der Waals surface area (Å²) in [6.07, 6.45) is 0.194. The third kappa shape index (κ3) is 3.04. The summed E-state index contributed by atoms with van der Waals surface area (Å²) in [6, 6.07) is 3.86. The molecule has 4 rings (SSSR count). The number of nitrogens with zero attached hydrogens (tertiary/aromatic N) is 4. The summed E-state index contributed by atoms with van der Waals surface area (Å²) in [5, 5.41) is 9.93. The second-order valence-corrected chi connectivity index (χ2v) is 6.91. The molecule has 26 heavy (non-hydrogen) atoms. The van der Waals surface area contributed by atoms with Crippen LogP contribution in [0.5, 0.6) is 0 Å². The van der Waals surface area contributed by atoms with Crippen molar-refractivity contribution in [3.8, 4) is 10.7 Å². The highest BCUT2D eigenvalue weighted by atomic mass is 32.1. The molecule has 3 aromatic heterocycles. The fourth-order valence-electron chi connectivity index (χ4n) is 2.95. The zero-order valence-corrected chi connectivity index (χ0v) is 15.3. The zero-order chi connectivity index (χ0) is 18.1. The van der Waals surface area contributed by atoms with Crippen LogP contribution in [0.4, 0.5) is 0 Å². The number of amides is 1. The van der Waals surface area contributed by atoms with E-state index in [2.05, 4.69) is 15.3 Å². The van der Waals surface area contributed by atoms with Gasteiger partial charge in [0, 0.05) is 6.54 Å². The Labute approximate surface area is 153 Å². The van der Waals surface area contributed by atoms with Crippen LogP contribution in [0.25, 0.3) is 10.7 Å². The lowest BCUT2D eigenvalue weighted by atomic mass is 10.1. The molecule has 1 fully saturated rings. The fourth-order valence-corrected chi connectivity index (χ4v) is 3.60. The lowest BCUT2D eigenvalue weighted by Crippen LogP contribution is -2.42. The van der Waals surface area contributed by atoms with E-state index in [-0.39, 0.29) is 5.91 Å². The first-order valence-electron chi connectivity index (χ1n) is 8.41. The van der Waals surface area contributed by atoms with Crippen LogP contribution in [0, 0.1) is 6.92 Å². The fraction of sp³-hybridized carbons (Fsp3) is 0.412. The second-order valence-electron chi connectivity index (χ2n) is 5.96. The molecule has 136 valence electrons. The maximum absolute atomic E-state index is 12.9. The molecule has 1 aliphatic heterocycles. The van der Waals surface area contributed by atoms with Gasteiger partial charge >= 0.3 is 0 Å². The largest absolute Gasteiger partial charge is 0.365 e. The predicted molar refractivity (Wildman–Crippen MR) is 92.8 cm³/mol. The maximum atomic E-state index is 12.9. The van der Waals surface area contributed by atoms with Gasteiger partial charge in [0.15, 0.2) is 6.10 Å². The first-order chi connectivity index (χ1) is 12.7. The van der Waals surface area contributed by atoms with Gasteiger partial charge in [-0.05, 0) is 24.8 Å². The van der Waals surface area contributed by atoms with E-state index in [1.807, 2.05) is 24.4 Å². The van der Waals surface area contributed by atoms with E-state index in [0.29, 0.717) is 54.8 Å². The van der Waals surface area contributed by atoms with Crippen molar-refractivity contribution >= 4 is 17.2 Å². The average molecular weight is 374 g/mol. The van der Waals surface area contributed by atoms with Gasteiger partial charge in [0.05, 0.1) is 23.7 Å². The van der Waals surface area contributed by atoms with Gasteiger partial charge in [0.2, 0.25) is 5.82 Å². The summed E-state index contributed by atoms with van der Waals surface area (Å²) >= 11 is 1.54. The Hall–Kier alpha value is -2.52. The molecule has 0 N–H and O–H groups in total. The zero-order valence-electron chi connectivity index (χ0n) is 14.5. The maximum Gasteiger partial charge on any atom is 0.259 e. The molecule has 0 aromatic carbocycles. The predicted octanol–water partition coefficient (Wildman–Crippen LogP) is 2.87. The van der Waals surface area contributed by atoms with Crippen LogP contribution in [0.15, 0.2) is 26.6 Å². The molecule has 1 atom stereocenters. The minimum atomic E-state index is -0.445. The Bertz CT molecular complexity index is 902. The first kappa shape index (κ1) is 16.9. The Balaban J connectivity index is 1.53. The molecule has 1 aliphatic rings. The number of hydrogen-bond acceptors (Lipinski definition) is 8. The van der Waals surface area contributed by atoms with Gasteiger partial charge in [0.25, 0.3) is 11.8 Å².